The van der Waals surface area contributed by atoms with Crippen molar-refractivity contribution in [3.05, 3.63) is 0 Å². The highest BCUT2D eigenvalue weighted by Crippen LogP contribution is 2.34. The molecule has 1 fully saturated rings. The van der Waals surface area contributed by atoms with Crippen LogP contribution in [-0.4, -0.2) is 66.9 Å². The van der Waals surface area contributed by atoms with E-state index in [-0.39, 0.29) is 17.7 Å². The van der Waals surface area contributed by atoms with E-state index >= 15 is 0 Å². The first kappa shape index (κ1) is 17.0. The van der Waals surface area contributed by atoms with Gasteiger partial charge in [-0.1, -0.05) is 6.92 Å². The molecule has 1 aliphatic heterocycles. The smallest absolute Gasteiger partial charge is 0.377 e. The second-order valence-corrected chi connectivity index (χ2v) is 8.15. The fourth-order valence-electron chi connectivity index (χ4n) is 3.08. The summed E-state index contributed by atoms with van der Waals surface area (Å²) in [6, 6.07) is 0.283. The number of nitrogens with one attached hydrogen (secondary N) is 1. The van der Waals surface area contributed by atoms with Gasteiger partial charge in [0.2, 0.25) is 0 Å². The predicted molar refractivity (Wildman–Crippen MR) is 77.8 cm³/mol. The number of hydrogen-bond donors (Lipinski definition) is 2. The Bertz CT molecular complexity index is 256. The summed E-state index contributed by atoms with van der Waals surface area (Å²) < 4.78 is 17.0. The molecule has 0 spiro atoms. The number of piperazine rings is 1. The summed E-state index contributed by atoms with van der Waals surface area (Å²) in [4.78, 5) is 2.32. The molecule has 3 unspecified atom stereocenters. The third-order valence-electron chi connectivity index (χ3n) is 4.06. The van der Waals surface area contributed by atoms with Gasteiger partial charge in [-0.3, -0.25) is 4.90 Å². The molecule has 3 N–H and O–H groups in total. The van der Waals surface area contributed by atoms with Crippen molar-refractivity contribution in [1.82, 2.24) is 10.2 Å². The van der Waals surface area contributed by atoms with Crippen molar-refractivity contribution in [2.45, 2.75) is 38.0 Å². The van der Waals surface area contributed by atoms with Crippen molar-refractivity contribution < 1.29 is 13.3 Å². The highest BCUT2D eigenvalue weighted by molar-refractivity contribution is 6.62. The fourth-order valence-corrected chi connectivity index (χ4v) is 5.77. The number of nitrogens with zero attached hydrogens (tertiary/aromatic N) is 1. The Morgan fingerprint density at radius 3 is 2.32 bits per heavy atom. The van der Waals surface area contributed by atoms with Crippen LogP contribution in [0.4, 0.5) is 0 Å². The molecule has 0 amide bonds. The van der Waals surface area contributed by atoms with E-state index in [2.05, 4.69) is 17.1 Å². The van der Waals surface area contributed by atoms with E-state index in [0.717, 1.165) is 26.1 Å². The summed E-state index contributed by atoms with van der Waals surface area (Å²) >= 11 is 0. The van der Waals surface area contributed by atoms with E-state index in [9.17, 15) is 0 Å². The van der Waals surface area contributed by atoms with Crippen LogP contribution in [-0.2, 0) is 13.3 Å². The Hall–Kier alpha value is -0.0231. The highest BCUT2D eigenvalue weighted by Gasteiger charge is 2.52. The number of hydrogen-bond acceptors (Lipinski definition) is 6. The first-order chi connectivity index (χ1) is 9.06. The Morgan fingerprint density at radius 2 is 1.89 bits per heavy atom. The summed E-state index contributed by atoms with van der Waals surface area (Å²) in [5, 5.41) is 3.44. The lowest BCUT2D eigenvalue weighted by molar-refractivity contribution is 0.0591. The molecular formula is C12H29N3O3Si. The average molecular weight is 291 g/mol. The molecule has 19 heavy (non-hydrogen) atoms. The van der Waals surface area contributed by atoms with Crippen molar-refractivity contribution in [2.24, 2.45) is 5.73 Å². The van der Waals surface area contributed by atoms with E-state index in [1.54, 1.807) is 21.3 Å². The molecule has 0 radical (unpaired) electrons. The van der Waals surface area contributed by atoms with Crippen molar-refractivity contribution in [2.75, 3.05) is 41.0 Å². The second kappa shape index (κ2) is 7.68. The second-order valence-electron chi connectivity index (χ2n) is 4.98. The molecule has 1 rings (SSSR count). The van der Waals surface area contributed by atoms with Crippen LogP contribution in [0.1, 0.15) is 20.3 Å². The zero-order chi connectivity index (χ0) is 14.5. The van der Waals surface area contributed by atoms with Gasteiger partial charge >= 0.3 is 8.80 Å². The minimum absolute atomic E-state index is 0.0263. The lowest BCUT2D eigenvalue weighted by atomic mass is 10.1. The summed E-state index contributed by atoms with van der Waals surface area (Å²) in [5.41, 5.74) is 6.32. The van der Waals surface area contributed by atoms with Crippen LogP contribution in [0.15, 0.2) is 0 Å². The monoisotopic (exact) mass is 291 g/mol. The minimum atomic E-state index is -2.66. The zero-order valence-corrected chi connectivity index (χ0v) is 13.8. The van der Waals surface area contributed by atoms with Crippen molar-refractivity contribution in [3.8, 4) is 0 Å². The van der Waals surface area contributed by atoms with E-state index in [0.29, 0.717) is 0 Å². The lowest BCUT2D eigenvalue weighted by Gasteiger charge is -2.46. The molecule has 3 atom stereocenters. The summed E-state index contributed by atoms with van der Waals surface area (Å²) in [5.74, 6) is 0. The molecule has 0 saturated carbocycles. The summed E-state index contributed by atoms with van der Waals surface area (Å²) in [7, 11) is 2.37. The maximum Gasteiger partial charge on any atom is 0.505 e. The fraction of sp³-hybridized carbons (Fsp3) is 1.00. The van der Waals surface area contributed by atoms with Gasteiger partial charge in [-0.05, 0) is 13.3 Å². The normalized spacial score (nSPS) is 25.3. The Labute approximate surface area is 117 Å². The van der Waals surface area contributed by atoms with Crippen molar-refractivity contribution in [3.63, 3.8) is 0 Å². The largest absolute Gasteiger partial charge is 0.505 e. The van der Waals surface area contributed by atoms with E-state index in [1.165, 1.54) is 0 Å². The van der Waals surface area contributed by atoms with Gasteiger partial charge in [0, 0.05) is 52.5 Å². The Kier molecular flexibility index (Phi) is 6.88. The molecule has 7 heteroatoms. The molecule has 0 aromatic rings. The first-order valence-corrected chi connectivity index (χ1v) is 8.74. The van der Waals surface area contributed by atoms with Crippen LogP contribution >= 0.6 is 0 Å². The van der Waals surface area contributed by atoms with E-state index in [4.69, 9.17) is 19.0 Å². The SMILES string of the molecule is CCC(C1CNCCN1C(C)N)[Si](OC)(OC)OC. The van der Waals surface area contributed by atoms with Gasteiger partial charge in [0.05, 0.1) is 6.17 Å². The van der Waals surface area contributed by atoms with Gasteiger partial charge in [0.15, 0.2) is 0 Å². The van der Waals surface area contributed by atoms with Crippen LogP contribution in [0.5, 0.6) is 0 Å². The van der Waals surface area contributed by atoms with Gasteiger partial charge in [-0.15, -0.1) is 0 Å². The van der Waals surface area contributed by atoms with E-state index < -0.39 is 8.80 Å². The standard InChI is InChI=1S/C12H29N3O3Si/c1-6-12(19(16-3,17-4)18-5)11-9-14-7-8-15(11)10(2)13/h10-12,14H,6-9,13H2,1-5H3. The Balaban J connectivity index is 2.98. The highest BCUT2D eigenvalue weighted by atomic mass is 28.4. The quantitative estimate of drug-likeness (QED) is 0.654. The average Bonchev–Trinajstić information content (AvgIpc) is 2.45. The minimum Gasteiger partial charge on any atom is -0.377 e. The van der Waals surface area contributed by atoms with Gasteiger partial charge in [-0.2, -0.15) is 0 Å². The van der Waals surface area contributed by atoms with Gasteiger partial charge in [0.1, 0.15) is 0 Å². The van der Waals surface area contributed by atoms with Gasteiger partial charge < -0.3 is 24.3 Å². The first-order valence-electron chi connectivity index (χ1n) is 6.93. The third kappa shape index (κ3) is 3.55. The van der Waals surface area contributed by atoms with Crippen LogP contribution in [0.3, 0.4) is 0 Å². The molecule has 0 aromatic heterocycles. The summed E-state index contributed by atoms with van der Waals surface area (Å²) in [6.07, 6.45) is 0.968. The molecule has 6 nitrogen and oxygen atoms in total. The number of rotatable bonds is 7. The molecule has 1 saturated heterocycles. The van der Waals surface area contributed by atoms with Gasteiger partial charge in [0.25, 0.3) is 0 Å². The molecule has 0 bridgehead atoms. The molecule has 0 aromatic carbocycles. The Morgan fingerprint density at radius 1 is 1.32 bits per heavy atom. The summed E-state index contributed by atoms with van der Waals surface area (Å²) in [6.45, 7) is 6.99. The maximum absolute atomic E-state index is 6.11. The maximum atomic E-state index is 6.11. The van der Waals surface area contributed by atoms with Crippen LogP contribution in [0.25, 0.3) is 0 Å². The van der Waals surface area contributed by atoms with Crippen LogP contribution in [0, 0.1) is 0 Å². The van der Waals surface area contributed by atoms with Crippen LogP contribution in [0.2, 0.25) is 5.54 Å². The molecular weight excluding hydrogens is 262 g/mol. The topological polar surface area (TPSA) is 69.0 Å². The molecule has 1 heterocycles. The zero-order valence-electron chi connectivity index (χ0n) is 12.8. The van der Waals surface area contributed by atoms with Crippen LogP contribution < -0.4 is 11.1 Å². The van der Waals surface area contributed by atoms with Gasteiger partial charge in [-0.25, -0.2) is 0 Å². The number of nitrogens with two attached hydrogens (primary N) is 1. The molecule has 1 aliphatic rings. The van der Waals surface area contributed by atoms with E-state index in [1.807, 2.05) is 6.92 Å². The lowest BCUT2D eigenvalue weighted by Crippen LogP contribution is -2.63. The third-order valence-corrected chi connectivity index (χ3v) is 7.47. The molecule has 114 valence electrons. The predicted octanol–water partition coefficient (Wildman–Crippen LogP) is 0.223. The molecule has 0 aliphatic carbocycles. The van der Waals surface area contributed by atoms with Crippen molar-refractivity contribution in [1.29, 1.82) is 0 Å². The van der Waals surface area contributed by atoms with Crippen molar-refractivity contribution >= 4 is 8.80 Å².